The maximum absolute atomic E-state index is 12.2. The molecule has 1 aliphatic heterocycles. The summed E-state index contributed by atoms with van der Waals surface area (Å²) >= 11 is 1.31. The lowest BCUT2D eigenvalue weighted by Crippen LogP contribution is -2.40. The molecule has 1 aromatic carbocycles. The minimum Gasteiger partial charge on any atom is -0.464 e. The van der Waals surface area contributed by atoms with Gasteiger partial charge in [-0.2, -0.15) is 0 Å². The van der Waals surface area contributed by atoms with Crippen LogP contribution in [0.2, 0.25) is 0 Å². The lowest BCUT2D eigenvalue weighted by molar-refractivity contribution is 0.0824. The molecule has 2 aromatic rings. The number of carboxylic acid groups (broad SMARTS) is 1. The van der Waals surface area contributed by atoms with Gasteiger partial charge in [-0.15, -0.1) is 11.3 Å². The van der Waals surface area contributed by atoms with Gasteiger partial charge in [0.15, 0.2) is 0 Å². The van der Waals surface area contributed by atoms with E-state index < -0.39 is 22.1 Å². The number of benzene rings is 1. The van der Waals surface area contributed by atoms with Crippen LogP contribution >= 0.6 is 11.3 Å². The number of imide groups is 1. The Morgan fingerprint density at radius 3 is 2.52 bits per heavy atom. The number of sulfonamides is 1. The predicted molar refractivity (Wildman–Crippen MR) is 96.1 cm³/mol. The average molecular weight is 409 g/mol. The highest BCUT2D eigenvalue weighted by molar-refractivity contribution is 7.90. The third kappa shape index (κ3) is 4.09. The summed E-state index contributed by atoms with van der Waals surface area (Å²) < 4.78 is 24.9. The van der Waals surface area contributed by atoms with Gasteiger partial charge in [0, 0.05) is 6.54 Å². The number of hydrogen-bond donors (Lipinski definition) is 3. The standard InChI is InChI=1S/C16H15N3O6S2/c20-14-13-11(6-8-26-13)9-19(14)15(21)17-7-5-10-1-3-12(4-2-10)27(24,25)18-16(22)23/h1-4,6,8,18H,5,7,9H2,(H,17,21)(H,22,23). The Kier molecular flexibility index (Phi) is 5.15. The van der Waals surface area contributed by atoms with Crippen LogP contribution in [0.4, 0.5) is 9.59 Å². The molecule has 0 unspecified atom stereocenters. The summed E-state index contributed by atoms with van der Waals surface area (Å²) in [5.74, 6) is -0.307. The zero-order valence-corrected chi connectivity index (χ0v) is 15.5. The summed E-state index contributed by atoms with van der Waals surface area (Å²) in [4.78, 5) is 36.3. The number of carbonyl (C=O) groups is 3. The predicted octanol–water partition coefficient (Wildman–Crippen LogP) is 1.61. The second-order valence-corrected chi connectivity index (χ2v) is 8.30. The van der Waals surface area contributed by atoms with E-state index in [1.807, 2.05) is 11.4 Å². The molecular formula is C16H15N3O6S2. The van der Waals surface area contributed by atoms with Gasteiger partial charge in [0.05, 0.1) is 16.3 Å². The van der Waals surface area contributed by atoms with Crippen LogP contribution < -0.4 is 10.0 Å². The van der Waals surface area contributed by atoms with E-state index in [9.17, 15) is 22.8 Å². The first-order chi connectivity index (χ1) is 12.8. The monoisotopic (exact) mass is 409 g/mol. The summed E-state index contributed by atoms with van der Waals surface area (Å²) in [5.41, 5.74) is 1.59. The van der Waals surface area contributed by atoms with Gasteiger partial charge in [0.1, 0.15) is 0 Å². The third-order valence-electron chi connectivity index (χ3n) is 3.91. The van der Waals surface area contributed by atoms with E-state index in [-0.39, 0.29) is 23.9 Å². The van der Waals surface area contributed by atoms with Crippen molar-refractivity contribution in [1.82, 2.24) is 14.9 Å². The van der Waals surface area contributed by atoms with Gasteiger partial charge in [-0.25, -0.2) is 22.7 Å². The molecule has 3 N–H and O–H groups in total. The molecule has 0 saturated heterocycles. The lowest BCUT2D eigenvalue weighted by Gasteiger charge is -2.15. The normalized spacial score (nSPS) is 13.3. The third-order valence-corrected chi connectivity index (χ3v) is 6.19. The summed E-state index contributed by atoms with van der Waals surface area (Å²) in [5, 5.41) is 13.0. The lowest BCUT2D eigenvalue weighted by atomic mass is 10.1. The molecule has 0 fully saturated rings. The Labute approximate surface area is 158 Å². The van der Waals surface area contributed by atoms with E-state index in [0.29, 0.717) is 11.3 Å². The van der Waals surface area contributed by atoms with Crippen molar-refractivity contribution in [2.45, 2.75) is 17.9 Å². The van der Waals surface area contributed by atoms with Gasteiger partial charge in [-0.05, 0) is 41.1 Å². The van der Waals surface area contributed by atoms with Gasteiger partial charge in [0.2, 0.25) is 0 Å². The molecular weight excluding hydrogens is 394 g/mol. The quantitative estimate of drug-likeness (QED) is 0.687. The molecule has 0 atom stereocenters. The van der Waals surface area contributed by atoms with Crippen LogP contribution in [0.1, 0.15) is 20.8 Å². The second kappa shape index (κ2) is 7.37. The van der Waals surface area contributed by atoms with Crippen molar-refractivity contribution >= 4 is 39.4 Å². The fourth-order valence-corrected chi connectivity index (χ4v) is 4.30. The highest BCUT2D eigenvalue weighted by atomic mass is 32.2. The minimum absolute atomic E-state index is 0.175. The highest BCUT2D eigenvalue weighted by Gasteiger charge is 2.32. The molecule has 0 spiro atoms. The van der Waals surface area contributed by atoms with Crippen LogP contribution in [-0.2, 0) is 23.0 Å². The first-order valence-corrected chi connectivity index (χ1v) is 10.1. The van der Waals surface area contributed by atoms with Crippen molar-refractivity contribution < 1.29 is 27.9 Å². The average Bonchev–Trinajstić information content (AvgIpc) is 3.17. The van der Waals surface area contributed by atoms with Gasteiger partial charge in [0.25, 0.3) is 15.9 Å². The van der Waals surface area contributed by atoms with Crippen molar-refractivity contribution in [3.63, 3.8) is 0 Å². The SMILES string of the molecule is O=C(O)NS(=O)(=O)c1ccc(CCNC(=O)N2Cc3ccsc3C2=O)cc1. The smallest absolute Gasteiger partial charge is 0.418 e. The van der Waals surface area contributed by atoms with Crippen molar-refractivity contribution in [3.8, 4) is 0 Å². The van der Waals surface area contributed by atoms with E-state index in [4.69, 9.17) is 5.11 Å². The molecule has 2 heterocycles. The Balaban J connectivity index is 1.52. The van der Waals surface area contributed by atoms with Crippen molar-refractivity contribution in [3.05, 3.63) is 51.7 Å². The number of nitrogens with one attached hydrogen (secondary N) is 2. The number of carbonyl (C=O) groups excluding carboxylic acids is 2. The first-order valence-electron chi connectivity index (χ1n) is 7.78. The maximum atomic E-state index is 12.2. The number of nitrogens with zero attached hydrogens (tertiary/aromatic N) is 1. The number of amides is 4. The van der Waals surface area contributed by atoms with E-state index in [1.54, 1.807) is 0 Å². The summed E-state index contributed by atoms with van der Waals surface area (Å²) in [6.07, 6.45) is -1.24. The minimum atomic E-state index is -4.11. The molecule has 0 bridgehead atoms. The molecule has 0 radical (unpaired) electrons. The molecule has 4 amide bonds. The maximum Gasteiger partial charge on any atom is 0.418 e. The molecule has 0 saturated carbocycles. The Morgan fingerprint density at radius 2 is 1.89 bits per heavy atom. The zero-order chi connectivity index (χ0) is 19.6. The highest BCUT2D eigenvalue weighted by Crippen LogP contribution is 2.27. The summed E-state index contributed by atoms with van der Waals surface area (Å²) in [7, 11) is -4.11. The Hall–Kier alpha value is -2.92. The molecule has 0 aliphatic carbocycles. The molecule has 1 aromatic heterocycles. The van der Waals surface area contributed by atoms with Gasteiger partial charge >= 0.3 is 12.1 Å². The van der Waals surface area contributed by atoms with E-state index >= 15 is 0 Å². The van der Waals surface area contributed by atoms with Crippen LogP contribution in [0, 0.1) is 0 Å². The van der Waals surface area contributed by atoms with Crippen molar-refractivity contribution in [1.29, 1.82) is 0 Å². The number of urea groups is 1. The van der Waals surface area contributed by atoms with Crippen LogP contribution in [-0.4, -0.2) is 43.0 Å². The van der Waals surface area contributed by atoms with Gasteiger partial charge in [-0.3, -0.25) is 9.69 Å². The van der Waals surface area contributed by atoms with E-state index in [2.05, 4.69) is 5.32 Å². The molecule has 142 valence electrons. The molecule has 11 heteroatoms. The Bertz CT molecular complexity index is 997. The van der Waals surface area contributed by atoms with Crippen molar-refractivity contribution in [2.75, 3.05) is 6.54 Å². The first kappa shape index (κ1) is 18.9. The van der Waals surface area contributed by atoms with Crippen LogP contribution in [0.5, 0.6) is 0 Å². The van der Waals surface area contributed by atoms with Crippen LogP contribution in [0.25, 0.3) is 0 Å². The van der Waals surface area contributed by atoms with Gasteiger partial charge in [-0.1, -0.05) is 12.1 Å². The van der Waals surface area contributed by atoms with Crippen LogP contribution in [0.15, 0.2) is 40.6 Å². The second-order valence-electron chi connectivity index (χ2n) is 5.70. The summed E-state index contributed by atoms with van der Waals surface area (Å²) in [6, 6.07) is 6.96. The number of hydrogen-bond acceptors (Lipinski definition) is 6. The largest absolute Gasteiger partial charge is 0.464 e. The van der Waals surface area contributed by atoms with E-state index in [0.717, 1.165) is 16.0 Å². The van der Waals surface area contributed by atoms with Crippen LogP contribution in [0.3, 0.4) is 0 Å². The zero-order valence-electron chi connectivity index (χ0n) is 13.8. The van der Waals surface area contributed by atoms with Gasteiger partial charge < -0.3 is 10.4 Å². The molecule has 1 aliphatic rings. The van der Waals surface area contributed by atoms with E-state index in [1.165, 1.54) is 40.3 Å². The molecule has 9 nitrogen and oxygen atoms in total. The molecule has 27 heavy (non-hydrogen) atoms. The number of thiophene rings is 1. The summed E-state index contributed by atoms with van der Waals surface area (Å²) in [6.45, 7) is 0.516. The molecule has 3 rings (SSSR count). The topological polar surface area (TPSA) is 133 Å². The van der Waals surface area contributed by atoms with Crippen molar-refractivity contribution in [2.24, 2.45) is 0 Å². The number of rotatable bonds is 5. The fraction of sp³-hybridized carbons (Fsp3) is 0.188. The fourth-order valence-electron chi connectivity index (χ4n) is 2.59. The Morgan fingerprint density at radius 1 is 1.19 bits per heavy atom. The number of fused-ring (bicyclic) bond motifs is 1.